The lowest BCUT2D eigenvalue weighted by atomic mass is 9.90. The molecule has 0 N–H and O–H groups in total. The van der Waals surface area contributed by atoms with Gasteiger partial charge in [-0.3, -0.25) is 8.78 Å². The van der Waals surface area contributed by atoms with Crippen molar-refractivity contribution in [2.45, 2.75) is 83.0 Å². The Morgan fingerprint density at radius 3 is 2.34 bits per heavy atom. The van der Waals surface area contributed by atoms with Crippen molar-refractivity contribution in [3.8, 4) is 34.7 Å². The number of alkyl halides is 1. The first-order valence-electron chi connectivity index (χ1n) is 15.0. The number of pyridine rings is 1. The van der Waals surface area contributed by atoms with Crippen LogP contribution < -0.4 is 0 Å². The predicted molar refractivity (Wildman–Crippen MR) is 185 cm³/mol. The summed E-state index contributed by atoms with van der Waals surface area (Å²) in [6.45, 7) is 4.56. The van der Waals surface area contributed by atoms with Gasteiger partial charge in [0.05, 0.1) is 15.3 Å². The van der Waals surface area contributed by atoms with E-state index >= 15 is 0 Å². The van der Waals surface area contributed by atoms with E-state index in [4.69, 9.17) is 18.6 Å². The second-order valence-corrected chi connectivity index (χ2v) is 13.4. The molecule has 3 rings (SSSR count). The van der Waals surface area contributed by atoms with E-state index in [-0.39, 0.29) is 0 Å². The van der Waals surface area contributed by atoms with Gasteiger partial charge in [0.15, 0.2) is 0 Å². The first-order valence-corrected chi connectivity index (χ1v) is 17.9. The van der Waals surface area contributed by atoms with Crippen molar-refractivity contribution in [3.63, 3.8) is 0 Å². The molecule has 0 radical (unpaired) electrons. The van der Waals surface area contributed by atoms with Crippen molar-refractivity contribution >= 4 is 38.9 Å². The molecule has 41 heavy (non-hydrogen) atoms. The Morgan fingerprint density at radius 1 is 0.951 bits per heavy atom. The summed E-state index contributed by atoms with van der Waals surface area (Å²) < 4.78 is 15.5. The molecule has 0 spiro atoms. The van der Waals surface area contributed by atoms with E-state index in [0.717, 1.165) is 68.6 Å². The van der Waals surface area contributed by atoms with Crippen LogP contribution in [0.5, 0.6) is 0 Å². The van der Waals surface area contributed by atoms with Crippen LogP contribution in [0, 0.1) is 22.9 Å². The highest BCUT2D eigenvalue weighted by Gasteiger charge is 2.14. The van der Waals surface area contributed by atoms with Gasteiger partial charge in [0.1, 0.15) is 0 Å². The largest absolute Gasteiger partial charge is 0.283 e. The monoisotopic (exact) mass is 649 g/mol. The summed E-state index contributed by atoms with van der Waals surface area (Å²) in [6.07, 6.45) is 25.6. The molecular formula is C36H44BrNOS2. The maximum absolute atomic E-state index is 12.9. The zero-order valence-electron chi connectivity index (χ0n) is 24.6. The summed E-state index contributed by atoms with van der Waals surface area (Å²) >= 11 is 9.54. The van der Waals surface area contributed by atoms with E-state index in [2.05, 4.69) is 72.2 Å². The second kappa shape index (κ2) is 18.3. The maximum Gasteiger partial charge on any atom is 0.0564 e. The first kappa shape index (κ1) is 33.2. The SMILES string of the molecule is C#Cn1cc(-c2ccc(S(=O)CCC/C=C/CCCCBr)cc2)c(=S)c(-c2ccccc2CCC(CC)CCC)c1. The molecule has 2 unspecified atom stereocenters. The fourth-order valence-corrected chi connectivity index (χ4v) is 7.03. The van der Waals surface area contributed by atoms with Gasteiger partial charge < -0.3 is 0 Å². The van der Waals surface area contributed by atoms with Gasteiger partial charge >= 0.3 is 0 Å². The molecule has 0 fully saturated rings. The third-order valence-electron chi connectivity index (χ3n) is 7.63. The summed E-state index contributed by atoms with van der Waals surface area (Å²) in [5.41, 5.74) is 5.37. The Bertz CT molecular complexity index is 1380. The average molecular weight is 651 g/mol. The number of nitrogens with zero attached hydrogens (tertiary/aromatic N) is 1. The molecule has 5 heteroatoms. The predicted octanol–water partition coefficient (Wildman–Crippen LogP) is 10.8. The summed E-state index contributed by atoms with van der Waals surface area (Å²) in [6, 6.07) is 19.3. The van der Waals surface area contributed by atoms with Crippen LogP contribution >= 0.6 is 28.1 Å². The number of terminal acetylenes is 1. The minimum atomic E-state index is -1.02. The molecule has 1 heterocycles. The van der Waals surface area contributed by atoms with Crippen molar-refractivity contribution < 1.29 is 4.21 Å². The molecule has 2 nitrogen and oxygen atoms in total. The van der Waals surface area contributed by atoms with Crippen molar-refractivity contribution in [1.29, 1.82) is 0 Å². The van der Waals surface area contributed by atoms with E-state index in [9.17, 15) is 4.21 Å². The van der Waals surface area contributed by atoms with Gasteiger partial charge in [0, 0.05) is 45.5 Å². The molecular weight excluding hydrogens is 606 g/mol. The zero-order chi connectivity index (χ0) is 29.5. The Kier molecular flexibility index (Phi) is 14.9. The van der Waals surface area contributed by atoms with Gasteiger partial charge in [-0.05, 0) is 79.7 Å². The number of unbranched alkanes of at least 4 members (excludes halogenated alkanes) is 3. The normalized spacial score (nSPS) is 12.8. The lowest BCUT2D eigenvalue weighted by molar-refractivity contribution is 0.432. The number of rotatable bonds is 17. The quantitative estimate of drug-likeness (QED) is 0.0477. The highest BCUT2D eigenvalue weighted by atomic mass is 79.9. The van der Waals surface area contributed by atoms with Gasteiger partial charge in [-0.25, -0.2) is 0 Å². The third-order valence-corrected chi connectivity index (χ3v) is 10.1. The number of benzene rings is 2. The summed E-state index contributed by atoms with van der Waals surface area (Å²) in [4.78, 5) is 0.852. The molecule has 2 atom stereocenters. The summed E-state index contributed by atoms with van der Waals surface area (Å²) in [5, 5.41) is 1.06. The third kappa shape index (κ3) is 10.2. The van der Waals surface area contributed by atoms with E-state index in [1.165, 1.54) is 44.1 Å². The Hall–Kier alpha value is -2.26. The first-order chi connectivity index (χ1) is 20.0. The van der Waals surface area contributed by atoms with Crippen molar-refractivity contribution in [3.05, 3.63) is 83.2 Å². The van der Waals surface area contributed by atoms with E-state index in [1.54, 1.807) is 4.57 Å². The van der Waals surface area contributed by atoms with E-state index in [1.807, 2.05) is 36.7 Å². The van der Waals surface area contributed by atoms with Crippen LogP contribution in [-0.4, -0.2) is 19.9 Å². The number of aromatic nitrogens is 1. The van der Waals surface area contributed by atoms with Gasteiger partial charge in [0.2, 0.25) is 0 Å². The minimum absolute atomic E-state index is 0.665. The topological polar surface area (TPSA) is 22.0 Å². The van der Waals surface area contributed by atoms with Crippen LogP contribution in [0.25, 0.3) is 22.3 Å². The Labute approximate surface area is 264 Å². The van der Waals surface area contributed by atoms with Crippen molar-refractivity contribution in [2.24, 2.45) is 5.92 Å². The fourth-order valence-electron chi connectivity index (χ4n) is 5.20. The molecule has 0 aliphatic carbocycles. The second-order valence-electron chi connectivity index (χ2n) is 10.6. The molecule has 0 amide bonds. The van der Waals surface area contributed by atoms with Crippen molar-refractivity contribution in [2.75, 3.05) is 11.1 Å². The number of halogens is 1. The molecule has 0 aliphatic rings. The minimum Gasteiger partial charge on any atom is -0.283 e. The van der Waals surface area contributed by atoms with Crippen LogP contribution in [0.1, 0.15) is 77.2 Å². The van der Waals surface area contributed by atoms with Crippen LogP contribution in [-0.2, 0) is 17.2 Å². The molecule has 0 bridgehead atoms. The summed E-state index contributed by atoms with van der Waals surface area (Å²) in [7, 11) is -1.02. The van der Waals surface area contributed by atoms with Crippen LogP contribution in [0.2, 0.25) is 0 Å². The molecule has 0 aliphatic heterocycles. The zero-order valence-corrected chi connectivity index (χ0v) is 27.8. The molecule has 0 saturated heterocycles. The van der Waals surface area contributed by atoms with E-state index < -0.39 is 10.8 Å². The summed E-state index contributed by atoms with van der Waals surface area (Å²) in [5.74, 6) is 1.41. The standard InChI is InChI=1S/C36H44BrNOS2/c1-4-16-29(5-2)19-20-30-17-12-13-18-33(30)35-28-38(6-3)27-34(36(35)40)31-21-23-32(24-22-31)41(39)26-15-11-9-7-8-10-14-25-37/h3,7,9,12-13,17-18,21-24,27-29H,4-5,8,10-11,14-16,19-20,25-26H2,1-2H3/b9-7+. The molecule has 218 valence electrons. The maximum atomic E-state index is 12.9. The fraction of sp³-hybridized carbons (Fsp3) is 0.417. The molecule has 3 aromatic rings. The Balaban J connectivity index is 1.78. The van der Waals surface area contributed by atoms with Crippen molar-refractivity contribution in [1.82, 2.24) is 4.57 Å². The number of hydrogen-bond donors (Lipinski definition) is 0. The van der Waals surface area contributed by atoms with Crippen LogP contribution in [0.15, 0.2) is 78.0 Å². The van der Waals surface area contributed by atoms with Gasteiger partial charge in [-0.15, -0.1) is 0 Å². The van der Waals surface area contributed by atoms with Crippen LogP contribution in [0.3, 0.4) is 0 Å². The number of allylic oxidation sites excluding steroid dienone is 2. The number of aryl methyl sites for hydroxylation is 1. The molecule has 2 aromatic carbocycles. The highest BCUT2D eigenvalue weighted by molar-refractivity contribution is 9.09. The highest BCUT2D eigenvalue weighted by Crippen LogP contribution is 2.32. The smallest absolute Gasteiger partial charge is 0.0564 e. The molecule has 1 aromatic heterocycles. The average Bonchev–Trinajstić information content (AvgIpc) is 3.01. The number of hydrogen-bond acceptors (Lipinski definition) is 2. The lowest BCUT2D eigenvalue weighted by Crippen LogP contribution is -2.02. The lowest BCUT2D eigenvalue weighted by Gasteiger charge is -2.17. The van der Waals surface area contributed by atoms with Gasteiger partial charge in [-0.2, -0.15) is 0 Å². The molecule has 0 saturated carbocycles. The van der Waals surface area contributed by atoms with Gasteiger partial charge in [0.25, 0.3) is 0 Å². The Morgan fingerprint density at radius 2 is 1.66 bits per heavy atom. The van der Waals surface area contributed by atoms with Crippen LogP contribution in [0.4, 0.5) is 0 Å². The van der Waals surface area contributed by atoms with E-state index in [0.29, 0.717) is 5.75 Å². The van der Waals surface area contributed by atoms with Gasteiger partial charge in [-0.1, -0.05) is 116 Å².